The lowest BCUT2D eigenvalue weighted by Gasteiger charge is -2.23. The van der Waals surface area contributed by atoms with E-state index in [-0.39, 0.29) is 18.5 Å². The van der Waals surface area contributed by atoms with Crippen LogP contribution < -0.4 is 5.32 Å². The first kappa shape index (κ1) is 19.5. The van der Waals surface area contributed by atoms with Gasteiger partial charge in [0.2, 0.25) is 0 Å². The molecule has 1 aliphatic heterocycles. The Labute approximate surface area is 181 Å². The summed E-state index contributed by atoms with van der Waals surface area (Å²) in [6, 6.07) is 15.7. The van der Waals surface area contributed by atoms with Crippen LogP contribution in [0.4, 0.5) is 4.79 Å². The number of nitrogens with zero attached hydrogens (tertiary/aromatic N) is 3. The highest BCUT2D eigenvalue weighted by molar-refractivity contribution is 6.07. The molecule has 2 heterocycles. The smallest absolute Gasteiger partial charge is 0.319 e. The van der Waals surface area contributed by atoms with Crippen LogP contribution in [0, 0.1) is 13.8 Å². The first-order valence-electron chi connectivity index (χ1n) is 10.7. The third kappa shape index (κ3) is 3.23. The number of imide groups is 1. The van der Waals surface area contributed by atoms with Gasteiger partial charge < -0.3 is 5.32 Å². The van der Waals surface area contributed by atoms with E-state index < -0.39 is 5.54 Å². The fourth-order valence-electron chi connectivity index (χ4n) is 4.73. The Balaban J connectivity index is 1.37. The number of carbonyl (C=O) groups excluding carboxylic acids is 2. The molecule has 5 rings (SSSR count). The van der Waals surface area contributed by atoms with Gasteiger partial charge in [0.25, 0.3) is 5.91 Å². The first-order valence-corrected chi connectivity index (χ1v) is 10.7. The monoisotopic (exact) mass is 414 g/mol. The van der Waals surface area contributed by atoms with Crippen LogP contribution in [0.15, 0.2) is 48.5 Å². The van der Waals surface area contributed by atoms with Crippen molar-refractivity contribution in [3.8, 4) is 5.69 Å². The van der Waals surface area contributed by atoms with E-state index in [0.717, 1.165) is 47.5 Å². The molecule has 0 radical (unpaired) electrons. The molecule has 3 amide bonds. The Morgan fingerprint density at radius 1 is 1.00 bits per heavy atom. The number of rotatable bonds is 4. The van der Waals surface area contributed by atoms with Crippen molar-refractivity contribution in [3.05, 3.63) is 82.2 Å². The Morgan fingerprint density at radius 3 is 2.45 bits per heavy atom. The summed E-state index contributed by atoms with van der Waals surface area (Å²) in [6.45, 7) is 6.02. The van der Waals surface area contributed by atoms with Crippen molar-refractivity contribution in [2.45, 2.75) is 52.1 Å². The van der Waals surface area contributed by atoms with Gasteiger partial charge in [-0.3, -0.25) is 9.69 Å². The number of benzene rings is 2. The number of amides is 3. The van der Waals surface area contributed by atoms with Crippen LogP contribution in [0.25, 0.3) is 5.69 Å². The number of nitrogens with one attached hydrogen (secondary N) is 1. The van der Waals surface area contributed by atoms with Crippen LogP contribution >= 0.6 is 0 Å². The highest BCUT2D eigenvalue weighted by atomic mass is 16.2. The molecule has 0 spiro atoms. The third-order valence-corrected chi connectivity index (χ3v) is 6.48. The molecule has 3 aromatic rings. The lowest BCUT2D eigenvalue weighted by molar-refractivity contribution is -0.131. The van der Waals surface area contributed by atoms with Crippen molar-refractivity contribution < 1.29 is 9.59 Å². The Hall–Kier alpha value is -3.41. The number of aryl methyl sites for hydroxylation is 4. The van der Waals surface area contributed by atoms with Gasteiger partial charge in [-0.2, -0.15) is 5.10 Å². The van der Waals surface area contributed by atoms with Crippen molar-refractivity contribution >= 4 is 11.9 Å². The number of urea groups is 1. The average Bonchev–Trinajstić information content (AvgIpc) is 3.41. The van der Waals surface area contributed by atoms with Gasteiger partial charge in [0.15, 0.2) is 0 Å². The molecule has 1 atom stereocenters. The second-order valence-electron chi connectivity index (χ2n) is 8.79. The molecule has 0 saturated carbocycles. The summed E-state index contributed by atoms with van der Waals surface area (Å²) >= 11 is 0. The quantitative estimate of drug-likeness (QED) is 0.658. The van der Waals surface area contributed by atoms with Crippen molar-refractivity contribution in [1.29, 1.82) is 0 Å². The van der Waals surface area contributed by atoms with E-state index in [0.29, 0.717) is 0 Å². The van der Waals surface area contributed by atoms with E-state index in [1.165, 1.54) is 16.0 Å². The maximum absolute atomic E-state index is 13.3. The number of aromatic nitrogens is 2. The molecule has 6 heteroatoms. The van der Waals surface area contributed by atoms with E-state index in [9.17, 15) is 9.59 Å². The van der Waals surface area contributed by atoms with Crippen LogP contribution in [-0.2, 0) is 29.7 Å². The van der Waals surface area contributed by atoms with Crippen LogP contribution in [0.5, 0.6) is 0 Å². The Morgan fingerprint density at radius 2 is 1.74 bits per heavy atom. The minimum Gasteiger partial charge on any atom is -0.319 e. The van der Waals surface area contributed by atoms with Gasteiger partial charge in [-0.25, -0.2) is 9.48 Å². The topological polar surface area (TPSA) is 67.2 Å². The highest BCUT2D eigenvalue weighted by Gasteiger charge is 2.49. The zero-order valence-electron chi connectivity index (χ0n) is 18.1. The molecule has 2 aromatic carbocycles. The normalized spacial score (nSPS) is 20.3. The summed E-state index contributed by atoms with van der Waals surface area (Å²) in [5.74, 6) is -0.210. The molecule has 1 N–H and O–H groups in total. The van der Waals surface area contributed by atoms with E-state index in [2.05, 4.69) is 22.5 Å². The van der Waals surface area contributed by atoms with Gasteiger partial charge in [0, 0.05) is 5.69 Å². The van der Waals surface area contributed by atoms with Crippen molar-refractivity contribution in [1.82, 2.24) is 20.0 Å². The zero-order valence-corrected chi connectivity index (χ0v) is 18.1. The molecule has 158 valence electrons. The fraction of sp³-hybridized carbons (Fsp3) is 0.320. The summed E-state index contributed by atoms with van der Waals surface area (Å²) < 4.78 is 1.89. The van der Waals surface area contributed by atoms with Crippen LogP contribution in [-0.4, -0.2) is 26.6 Å². The SMILES string of the molecule is Cc1cc(C)n(-c2ccc(CN3C(=O)NC(C)(c4ccc5c(c4)CCC5)C3=O)cc2)n1. The van der Waals surface area contributed by atoms with Gasteiger partial charge >= 0.3 is 6.03 Å². The lowest BCUT2D eigenvalue weighted by Crippen LogP contribution is -2.40. The Kier molecular flexibility index (Phi) is 4.46. The molecule has 1 aliphatic carbocycles. The Bertz CT molecular complexity index is 1190. The molecule has 0 bridgehead atoms. The van der Waals surface area contributed by atoms with Crippen LogP contribution in [0.2, 0.25) is 0 Å². The van der Waals surface area contributed by atoms with E-state index in [1.807, 2.05) is 54.9 Å². The number of fused-ring (bicyclic) bond motifs is 1. The van der Waals surface area contributed by atoms with Gasteiger partial charge in [0.05, 0.1) is 17.9 Å². The average molecular weight is 415 g/mol. The highest BCUT2D eigenvalue weighted by Crippen LogP contribution is 2.33. The zero-order chi connectivity index (χ0) is 21.8. The second-order valence-corrected chi connectivity index (χ2v) is 8.79. The van der Waals surface area contributed by atoms with E-state index >= 15 is 0 Å². The van der Waals surface area contributed by atoms with Crippen molar-refractivity contribution in [3.63, 3.8) is 0 Å². The molecule has 6 nitrogen and oxygen atoms in total. The summed E-state index contributed by atoms with van der Waals surface area (Å²) in [4.78, 5) is 27.3. The van der Waals surface area contributed by atoms with Gasteiger partial charge in [-0.1, -0.05) is 30.3 Å². The fourth-order valence-corrected chi connectivity index (χ4v) is 4.73. The number of hydrogen-bond donors (Lipinski definition) is 1. The van der Waals surface area contributed by atoms with Crippen LogP contribution in [0.1, 0.15) is 47.0 Å². The molecule has 1 aromatic heterocycles. The summed E-state index contributed by atoms with van der Waals surface area (Å²) in [6.07, 6.45) is 3.27. The van der Waals surface area contributed by atoms with Gasteiger partial charge in [-0.15, -0.1) is 0 Å². The van der Waals surface area contributed by atoms with Crippen molar-refractivity contribution in [2.75, 3.05) is 0 Å². The predicted octanol–water partition coefficient (Wildman–Crippen LogP) is 3.95. The molecular weight excluding hydrogens is 388 g/mol. The molecule has 31 heavy (non-hydrogen) atoms. The minimum absolute atomic E-state index is 0.210. The second kappa shape index (κ2) is 7.08. The third-order valence-electron chi connectivity index (χ3n) is 6.48. The largest absolute Gasteiger partial charge is 0.325 e. The van der Waals surface area contributed by atoms with E-state index in [1.54, 1.807) is 6.92 Å². The molecular formula is C25H26N4O2. The summed E-state index contributed by atoms with van der Waals surface area (Å²) in [5, 5.41) is 7.43. The van der Waals surface area contributed by atoms with Gasteiger partial charge in [-0.05, 0) is 80.5 Å². The molecule has 1 saturated heterocycles. The number of carbonyl (C=O) groups is 2. The molecule has 2 aliphatic rings. The van der Waals surface area contributed by atoms with Crippen LogP contribution in [0.3, 0.4) is 0 Å². The van der Waals surface area contributed by atoms with E-state index in [4.69, 9.17) is 0 Å². The lowest BCUT2D eigenvalue weighted by atomic mass is 9.89. The van der Waals surface area contributed by atoms with Crippen molar-refractivity contribution in [2.24, 2.45) is 0 Å². The maximum atomic E-state index is 13.3. The minimum atomic E-state index is -1.03. The summed E-state index contributed by atoms with van der Waals surface area (Å²) in [7, 11) is 0. The summed E-state index contributed by atoms with van der Waals surface area (Å²) in [5.41, 5.74) is 6.34. The first-order chi connectivity index (χ1) is 14.8. The molecule has 1 fully saturated rings. The standard InChI is InChI=1S/C25H26N4O2/c1-16-13-17(2)29(27-16)22-11-7-18(8-12-22)15-28-23(30)25(3,26-24(28)31)21-10-9-19-5-4-6-20(19)14-21/h7-14H,4-6,15H2,1-3H3,(H,26,31). The number of hydrogen-bond acceptors (Lipinski definition) is 3. The maximum Gasteiger partial charge on any atom is 0.325 e. The molecule has 1 unspecified atom stereocenters. The predicted molar refractivity (Wildman–Crippen MR) is 118 cm³/mol. The van der Waals surface area contributed by atoms with Gasteiger partial charge in [0.1, 0.15) is 5.54 Å².